The average molecular weight is 943 g/mol. The molecule has 3 atom stereocenters. The lowest BCUT2D eigenvalue weighted by molar-refractivity contribution is -0.131. The highest BCUT2D eigenvalue weighted by Gasteiger charge is 2.22. The molecule has 0 aliphatic heterocycles. The summed E-state index contributed by atoms with van der Waals surface area (Å²) < 4.78 is 0. The maximum absolute atomic E-state index is 12.6. The first-order valence-corrected chi connectivity index (χ1v) is 30.3. The van der Waals surface area contributed by atoms with Crippen molar-refractivity contribution in [2.24, 2.45) is 0 Å². The SMILES string of the molecule is CCCCCCCCCCCCCCC/C=C/CC/C=C/CC/C=C/C(O)C(CO)NC(=O)C(O)CCCCCCCCCCCCCCCCCCCCCCCCCCCCCCCC. The van der Waals surface area contributed by atoms with Gasteiger partial charge in [0.2, 0.25) is 5.91 Å². The fourth-order valence-corrected chi connectivity index (χ4v) is 9.52. The molecule has 4 N–H and O–H groups in total. The van der Waals surface area contributed by atoms with Gasteiger partial charge in [-0.2, -0.15) is 0 Å². The van der Waals surface area contributed by atoms with E-state index in [0.29, 0.717) is 6.42 Å². The molecule has 396 valence electrons. The number of carbonyl (C=O) groups is 1. The lowest BCUT2D eigenvalue weighted by Crippen LogP contribution is -2.48. The van der Waals surface area contributed by atoms with E-state index in [9.17, 15) is 20.1 Å². The van der Waals surface area contributed by atoms with Crippen molar-refractivity contribution >= 4 is 5.91 Å². The monoisotopic (exact) mass is 942 g/mol. The first-order chi connectivity index (χ1) is 33.1. The van der Waals surface area contributed by atoms with E-state index in [2.05, 4.69) is 43.5 Å². The summed E-state index contributed by atoms with van der Waals surface area (Å²) in [5, 5.41) is 33.4. The van der Waals surface area contributed by atoms with Crippen LogP contribution in [0.1, 0.15) is 328 Å². The summed E-state index contributed by atoms with van der Waals surface area (Å²) in [7, 11) is 0. The van der Waals surface area contributed by atoms with Crippen molar-refractivity contribution in [1.82, 2.24) is 5.32 Å². The molecule has 5 heteroatoms. The molecule has 0 rings (SSSR count). The van der Waals surface area contributed by atoms with Gasteiger partial charge in [-0.1, -0.05) is 320 Å². The first-order valence-electron chi connectivity index (χ1n) is 30.3. The van der Waals surface area contributed by atoms with Crippen molar-refractivity contribution in [3.63, 3.8) is 0 Å². The van der Waals surface area contributed by atoms with Gasteiger partial charge in [0, 0.05) is 0 Å². The van der Waals surface area contributed by atoms with Crippen molar-refractivity contribution in [3.8, 4) is 0 Å². The molecule has 0 spiro atoms. The Bertz CT molecular complexity index is 1040. The molecule has 0 heterocycles. The van der Waals surface area contributed by atoms with Crippen LogP contribution in [0.15, 0.2) is 36.5 Å². The predicted octanol–water partition coefficient (Wildman–Crippen LogP) is 19.0. The molecule has 0 saturated heterocycles. The van der Waals surface area contributed by atoms with Crippen molar-refractivity contribution in [2.45, 2.75) is 347 Å². The Balaban J connectivity index is 3.57. The lowest BCUT2D eigenvalue weighted by Gasteiger charge is -2.21. The van der Waals surface area contributed by atoms with Gasteiger partial charge in [0.1, 0.15) is 6.10 Å². The van der Waals surface area contributed by atoms with E-state index in [1.165, 1.54) is 263 Å². The molecule has 67 heavy (non-hydrogen) atoms. The average Bonchev–Trinajstić information content (AvgIpc) is 3.33. The fourth-order valence-electron chi connectivity index (χ4n) is 9.52. The molecule has 3 unspecified atom stereocenters. The van der Waals surface area contributed by atoms with E-state index in [1.807, 2.05) is 6.08 Å². The van der Waals surface area contributed by atoms with E-state index >= 15 is 0 Å². The smallest absolute Gasteiger partial charge is 0.249 e. The fraction of sp³-hybridized carbons (Fsp3) is 0.887. The first kappa shape index (κ1) is 65.6. The van der Waals surface area contributed by atoms with Crippen LogP contribution in [0, 0.1) is 0 Å². The number of allylic oxidation sites excluding steroid dienone is 5. The summed E-state index contributed by atoms with van der Waals surface area (Å²) in [6.07, 6.45) is 75.3. The highest BCUT2D eigenvalue weighted by atomic mass is 16.3. The molecule has 0 bridgehead atoms. The maximum Gasteiger partial charge on any atom is 0.249 e. The molecule has 0 aliphatic rings. The second kappa shape index (κ2) is 57.2. The van der Waals surface area contributed by atoms with Crippen LogP contribution in [0.4, 0.5) is 0 Å². The van der Waals surface area contributed by atoms with Gasteiger partial charge >= 0.3 is 0 Å². The summed E-state index contributed by atoms with van der Waals surface area (Å²) in [5.41, 5.74) is 0. The Morgan fingerprint density at radius 3 is 0.910 bits per heavy atom. The van der Waals surface area contributed by atoms with E-state index in [0.717, 1.165) is 44.9 Å². The second-order valence-corrected chi connectivity index (χ2v) is 20.9. The molecular weight excluding hydrogens is 823 g/mol. The third-order valence-electron chi connectivity index (χ3n) is 14.2. The van der Waals surface area contributed by atoms with Crippen LogP contribution in [0.5, 0.6) is 0 Å². The van der Waals surface area contributed by atoms with Gasteiger partial charge < -0.3 is 20.6 Å². The maximum atomic E-state index is 12.6. The number of unbranched alkanes of at least 4 members (excludes halogenated alkanes) is 44. The van der Waals surface area contributed by atoms with Gasteiger partial charge in [0.05, 0.1) is 18.8 Å². The van der Waals surface area contributed by atoms with Crippen molar-refractivity contribution < 1.29 is 20.1 Å². The Morgan fingerprint density at radius 2 is 0.612 bits per heavy atom. The number of hydrogen-bond donors (Lipinski definition) is 4. The van der Waals surface area contributed by atoms with Crippen molar-refractivity contribution in [1.29, 1.82) is 0 Å². The zero-order chi connectivity index (χ0) is 48.6. The second-order valence-electron chi connectivity index (χ2n) is 20.9. The molecule has 5 nitrogen and oxygen atoms in total. The van der Waals surface area contributed by atoms with E-state index in [-0.39, 0.29) is 6.61 Å². The van der Waals surface area contributed by atoms with Crippen LogP contribution in [0.25, 0.3) is 0 Å². The highest BCUT2D eigenvalue weighted by Crippen LogP contribution is 2.18. The van der Waals surface area contributed by atoms with Gasteiger partial charge in [0.25, 0.3) is 0 Å². The van der Waals surface area contributed by atoms with Crippen LogP contribution >= 0.6 is 0 Å². The molecule has 0 fully saturated rings. The number of amides is 1. The van der Waals surface area contributed by atoms with Gasteiger partial charge in [-0.3, -0.25) is 4.79 Å². The third-order valence-corrected chi connectivity index (χ3v) is 14.2. The van der Waals surface area contributed by atoms with Crippen molar-refractivity contribution in [3.05, 3.63) is 36.5 Å². The number of rotatable bonds is 56. The zero-order valence-electron chi connectivity index (χ0n) is 45.3. The minimum Gasteiger partial charge on any atom is -0.394 e. The number of aliphatic hydroxyl groups is 3. The van der Waals surface area contributed by atoms with Crippen LogP contribution in [-0.4, -0.2) is 46.1 Å². The van der Waals surface area contributed by atoms with Gasteiger partial charge in [-0.05, 0) is 44.9 Å². The van der Waals surface area contributed by atoms with E-state index in [4.69, 9.17) is 0 Å². The number of nitrogens with one attached hydrogen (secondary N) is 1. The van der Waals surface area contributed by atoms with Crippen LogP contribution in [0.3, 0.4) is 0 Å². The van der Waals surface area contributed by atoms with Crippen LogP contribution in [0.2, 0.25) is 0 Å². The quantitative estimate of drug-likeness (QED) is 0.0361. The summed E-state index contributed by atoms with van der Waals surface area (Å²) >= 11 is 0. The number of aliphatic hydroxyl groups excluding tert-OH is 3. The molecule has 0 aromatic heterocycles. The molecule has 1 amide bonds. The normalized spacial score (nSPS) is 13.4. The minimum absolute atomic E-state index is 0.379. The molecule has 0 saturated carbocycles. The van der Waals surface area contributed by atoms with E-state index in [1.54, 1.807) is 6.08 Å². The van der Waals surface area contributed by atoms with Crippen LogP contribution < -0.4 is 5.32 Å². The van der Waals surface area contributed by atoms with Crippen LogP contribution in [-0.2, 0) is 4.79 Å². The topological polar surface area (TPSA) is 89.8 Å². The standard InChI is InChI=1S/C62H119NO4/c1-3-5-7-9-11-13-15-17-19-21-23-25-27-28-29-30-31-32-33-35-37-39-41-43-45-47-49-51-53-55-57-61(66)62(67)63-59(58-64)60(65)56-54-52-50-48-46-44-42-40-38-36-34-26-24-22-20-18-16-14-12-10-8-6-4-2/h38,40,46,48,54,56,59-61,64-66H,3-37,39,41-45,47,49-53,55,57-58H2,1-2H3,(H,63,67)/b40-38+,48-46+,56-54+. The third kappa shape index (κ3) is 52.2. The Labute approximate surface area is 419 Å². The Hall–Kier alpha value is -1.43. The summed E-state index contributed by atoms with van der Waals surface area (Å²) in [5.74, 6) is -0.511. The lowest BCUT2D eigenvalue weighted by atomic mass is 10.0. The summed E-state index contributed by atoms with van der Waals surface area (Å²) in [6.45, 7) is 4.21. The summed E-state index contributed by atoms with van der Waals surface area (Å²) in [4.78, 5) is 12.6. The Morgan fingerprint density at radius 1 is 0.358 bits per heavy atom. The largest absolute Gasteiger partial charge is 0.394 e. The van der Waals surface area contributed by atoms with Gasteiger partial charge in [-0.25, -0.2) is 0 Å². The summed E-state index contributed by atoms with van der Waals surface area (Å²) in [6, 6.07) is -0.820. The van der Waals surface area contributed by atoms with Crippen molar-refractivity contribution in [2.75, 3.05) is 6.61 Å². The minimum atomic E-state index is -1.11. The molecule has 0 aromatic carbocycles. The Kier molecular flexibility index (Phi) is 55.9. The molecule has 0 aliphatic carbocycles. The molecular formula is C62H119NO4. The van der Waals surface area contributed by atoms with Gasteiger partial charge in [0.15, 0.2) is 0 Å². The molecule has 0 radical (unpaired) electrons. The zero-order valence-corrected chi connectivity index (χ0v) is 45.3. The van der Waals surface area contributed by atoms with E-state index < -0.39 is 24.2 Å². The van der Waals surface area contributed by atoms with Gasteiger partial charge in [-0.15, -0.1) is 0 Å². The number of hydrogen-bond acceptors (Lipinski definition) is 4. The molecule has 0 aromatic rings. The highest BCUT2D eigenvalue weighted by molar-refractivity contribution is 5.80. The predicted molar refractivity (Wildman–Crippen MR) is 296 cm³/mol. The number of carbonyl (C=O) groups excluding carboxylic acids is 1.